The maximum Gasteiger partial charge on any atom is 0.271 e. The molecule has 0 radical (unpaired) electrons. The summed E-state index contributed by atoms with van der Waals surface area (Å²) in [5, 5.41) is 14.7. The van der Waals surface area contributed by atoms with E-state index in [9.17, 15) is 4.79 Å². The fraction of sp³-hybridized carbons (Fsp3) is 0.353. The van der Waals surface area contributed by atoms with Crippen LogP contribution in [0.25, 0.3) is 0 Å². The Morgan fingerprint density at radius 3 is 2.48 bits per heavy atom. The van der Waals surface area contributed by atoms with E-state index >= 15 is 0 Å². The first-order valence-electron chi connectivity index (χ1n) is 7.65. The fourth-order valence-electron chi connectivity index (χ4n) is 1.92. The first-order chi connectivity index (χ1) is 11.0. The van der Waals surface area contributed by atoms with E-state index in [1.165, 1.54) is 0 Å². The minimum Gasteiger partial charge on any atom is -0.368 e. The number of rotatable bonds is 7. The average Bonchev–Trinajstić information content (AvgIpc) is 2.55. The quantitative estimate of drug-likeness (QED) is 0.817. The van der Waals surface area contributed by atoms with Crippen molar-refractivity contribution < 1.29 is 4.79 Å². The van der Waals surface area contributed by atoms with Crippen LogP contribution in [0, 0.1) is 5.92 Å². The molecule has 2 aromatic rings. The van der Waals surface area contributed by atoms with Crippen molar-refractivity contribution in [2.75, 3.05) is 18.4 Å². The first-order valence-corrected chi connectivity index (χ1v) is 8.02. The molecule has 23 heavy (non-hydrogen) atoms. The molecule has 0 bridgehead atoms. The standard InChI is InChI=1S/C17H21ClN4O/c1-12(2)11-20-16-8-7-15(21-22-16)17(23)19-10-9-13-3-5-14(18)6-4-13/h3-8,12H,9-11H2,1-2H3,(H,19,23)(H,20,22). The second-order valence-corrected chi connectivity index (χ2v) is 6.15. The Morgan fingerprint density at radius 1 is 1.13 bits per heavy atom. The summed E-state index contributed by atoms with van der Waals surface area (Å²) in [6.45, 7) is 5.59. The average molecular weight is 333 g/mol. The number of nitrogens with one attached hydrogen (secondary N) is 2. The summed E-state index contributed by atoms with van der Waals surface area (Å²) < 4.78 is 0. The molecular formula is C17H21ClN4O. The van der Waals surface area contributed by atoms with Crippen molar-refractivity contribution >= 4 is 23.3 Å². The van der Waals surface area contributed by atoms with Gasteiger partial charge in [0.2, 0.25) is 0 Å². The van der Waals surface area contributed by atoms with Crippen molar-refractivity contribution in [2.24, 2.45) is 5.92 Å². The van der Waals surface area contributed by atoms with Crippen molar-refractivity contribution in [1.82, 2.24) is 15.5 Å². The number of anilines is 1. The highest BCUT2D eigenvalue weighted by Crippen LogP contribution is 2.09. The highest BCUT2D eigenvalue weighted by atomic mass is 35.5. The number of amides is 1. The Labute approximate surface area is 141 Å². The highest BCUT2D eigenvalue weighted by Gasteiger charge is 2.07. The number of hydrogen-bond donors (Lipinski definition) is 2. The number of hydrogen-bond acceptors (Lipinski definition) is 4. The van der Waals surface area contributed by atoms with Gasteiger partial charge in [-0.05, 0) is 42.2 Å². The second-order valence-electron chi connectivity index (χ2n) is 5.71. The van der Waals surface area contributed by atoms with Crippen molar-refractivity contribution in [1.29, 1.82) is 0 Å². The fourth-order valence-corrected chi connectivity index (χ4v) is 2.04. The van der Waals surface area contributed by atoms with Gasteiger partial charge in [-0.25, -0.2) is 0 Å². The number of carbonyl (C=O) groups is 1. The number of benzene rings is 1. The molecule has 0 unspecified atom stereocenters. The zero-order valence-electron chi connectivity index (χ0n) is 13.3. The lowest BCUT2D eigenvalue weighted by molar-refractivity contribution is 0.0948. The zero-order valence-corrected chi connectivity index (χ0v) is 14.1. The van der Waals surface area contributed by atoms with Gasteiger partial charge in [0, 0.05) is 18.1 Å². The van der Waals surface area contributed by atoms with Crippen LogP contribution < -0.4 is 10.6 Å². The van der Waals surface area contributed by atoms with Crippen molar-refractivity contribution in [3.05, 3.63) is 52.7 Å². The lowest BCUT2D eigenvalue weighted by Gasteiger charge is -2.08. The maximum atomic E-state index is 12.0. The molecule has 122 valence electrons. The van der Waals surface area contributed by atoms with Crippen molar-refractivity contribution in [3.8, 4) is 0 Å². The number of halogens is 1. The van der Waals surface area contributed by atoms with Gasteiger partial charge in [-0.15, -0.1) is 10.2 Å². The molecule has 0 atom stereocenters. The minimum absolute atomic E-state index is 0.220. The van der Waals surface area contributed by atoms with E-state index in [-0.39, 0.29) is 5.91 Å². The molecule has 0 aliphatic rings. The van der Waals surface area contributed by atoms with Crippen molar-refractivity contribution in [3.63, 3.8) is 0 Å². The lowest BCUT2D eigenvalue weighted by atomic mass is 10.1. The maximum absolute atomic E-state index is 12.0. The molecule has 6 heteroatoms. The third-order valence-corrected chi connectivity index (χ3v) is 3.45. The number of aromatic nitrogens is 2. The Kier molecular flexibility index (Phi) is 6.35. The largest absolute Gasteiger partial charge is 0.368 e. The van der Waals surface area contributed by atoms with E-state index in [1.54, 1.807) is 12.1 Å². The third-order valence-electron chi connectivity index (χ3n) is 3.20. The molecule has 0 saturated heterocycles. The Morgan fingerprint density at radius 2 is 1.87 bits per heavy atom. The SMILES string of the molecule is CC(C)CNc1ccc(C(=O)NCCc2ccc(Cl)cc2)nn1. The molecule has 1 aromatic heterocycles. The van der Waals surface area contributed by atoms with Gasteiger partial charge in [-0.2, -0.15) is 0 Å². The number of carbonyl (C=O) groups excluding carboxylic acids is 1. The summed E-state index contributed by atoms with van der Waals surface area (Å²) in [5.41, 5.74) is 1.44. The highest BCUT2D eigenvalue weighted by molar-refractivity contribution is 6.30. The Hall–Kier alpha value is -2.14. The van der Waals surface area contributed by atoms with Crippen LogP contribution in [0.15, 0.2) is 36.4 Å². The normalized spacial score (nSPS) is 10.6. The monoisotopic (exact) mass is 332 g/mol. The zero-order chi connectivity index (χ0) is 16.7. The van der Waals surface area contributed by atoms with E-state index in [1.807, 2.05) is 24.3 Å². The van der Waals surface area contributed by atoms with Gasteiger partial charge in [0.1, 0.15) is 5.82 Å². The molecule has 1 aromatic carbocycles. The molecule has 2 N–H and O–H groups in total. The summed E-state index contributed by atoms with van der Waals surface area (Å²) in [4.78, 5) is 12.0. The molecule has 2 rings (SSSR count). The van der Waals surface area contributed by atoms with Crippen LogP contribution in [0.5, 0.6) is 0 Å². The van der Waals surface area contributed by atoms with E-state index in [2.05, 4.69) is 34.7 Å². The van der Waals surface area contributed by atoms with Crippen LogP contribution in [0.2, 0.25) is 5.02 Å². The lowest BCUT2D eigenvalue weighted by Crippen LogP contribution is -2.26. The van der Waals surface area contributed by atoms with Crippen LogP contribution >= 0.6 is 11.6 Å². The molecule has 0 spiro atoms. The molecule has 5 nitrogen and oxygen atoms in total. The van der Waals surface area contributed by atoms with Gasteiger partial charge in [-0.3, -0.25) is 4.79 Å². The molecule has 1 heterocycles. The smallest absolute Gasteiger partial charge is 0.271 e. The predicted molar refractivity (Wildman–Crippen MR) is 92.8 cm³/mol. The summed E-state index contributed by atoms with van der Waals surface area (Å²) in [7, 11) is 0. The molecule has 1 amide bonds. The summed E-state index contributed by atoms with van der Waals surface area (Å²) >= 11 is 5.84. The van der Waals surface area contributed by atoms with Gasteiger partial charge >= 0.3 is 0 Å². The van der Waals surface area contributed by atoms with Crippen LogP contribution in [0.4, 0.5) is 5.82 Å². The van der Waals surface area contributed by atoms with Gasteiger partial charge in [0.05, 0.1) is 0 Å². The minimum atomic E-state index is -0.220. The molecular weight excluding hydrogens is 312 g/mol. The Bertz CT molecular complexity index is 626. The van der Waals surface area contributed by atoms with E-state index in [0.29, 0.717) is 29.0 Å². The predicted octanol–water partition coefficient (Wildman–Crippen LogP) is 3.17. The molecule has 0 aliphatic carbocycles. The van der Waals surface area contributed by atoms with E-state index in [0.717, 1.165) is 18.5 Å². The van der Waals surface area contributed by atoms with Crippen LogP contribution in [-0.2, 0) is 6.42 Å². The summed E-state index contributed by atoms with van der Waals surface area (Å²) in [6, 6.07) is 11.0. The topological polar surface area (TPSA) is 66.9 Å². The second kappa shape index (κ2) is 8.48. The first kappa shape index (κ1) is 17.2. The number of nitrogens with zero attached hydrogens (tertiary/aromatic N) is 2. The summed E-state index contributed by atoms with van der Waals surface area (Å²) in [6.07, 6.45) is 0.740. The van der Waals surface area contributed by atoms with Crippen molar-refractivity contribution in [2.45, 2.75) is 20.3 Å². The van der Waals surface area contributed by atoms with Crippen LogP contribution in [0.1, 0.15) is 29.9 Å². The Balaban J connectivity index is 1.80. The van der Waals surface area contributed by atoms with Gasteiger partial charge < -0.3 is 10.6 Å². The van der Waals surface area contributed by atoms with Crippen LogP contribution in [0.3, 0.4) is 0 Å². The molecule has 0 aliphatic heterocycles. The molecule has 0 fully saturated rings. The van der Waals surface area contributed by atoms with E-state index in [4.69, 9.17) is 11.6 Å². The van der Waals surface area contributed by atoms with Gasteiger partial charge in [0.15, 0.2) is 5.69 Å². The summed E-state index contributed by atoms with van der Waals surface area (Å²) in [5.74, 6) is 0.978. The molecule has 0 saturated carbocycles. The van der Waals surface area contributed by atoms with E-state index < -0.39 is 0 Å². The van der Waals surface area contributed by atoms with Crippen LogP contribution in [-0.4, -0.2) is 29.2 Å². The van der Waals surface area contributed by atoms with Gasteiger partial charge in [-0.1, -0.05) is 37.6 Å². The third kappa shape index (κ3) is 5.87. The van der Waals surface area contributed by atoms with Gasteiger partial charge in [0.25, 0.3) is 5.91 Å².